The number of aliphatic hydroxyl groups excluding tert-OH is 1. The Kier molecular flexibility index (Phi) is 3.64. The topological polar surface area (TPSA) is 38.7 Å². The van der Waals surface area contributed by atoms with Gasteiger partial charge in [-0.15, -0.1) is 11.8 Å². The van der Waals surface area contributed by atoms with Gasteiger partial charge in [-0.25, -0.2) is 0 Å². The van der Waals surface area contributed by atoms with E-state index in [9.17, 15) is 5.11 Å². The third-order valence-electron chi connectivity index (χ3n) is 2.47. The van der Waals surface area contributed by atoms with Gasteiger partial charge in [0.15, 0.2) is 0 Å². The van der Waals surface area contributed by atoms with Crippen molar-refractivity contribution in [1.82, 2.24) is 0 Å². The molecule has 0 amide bonds. The standard InChI is InChI=1S/C11H13ClO3S/c1-14-9-3-2-8(12)4-10(9)16-11(5-13)6-15-7-11/h2-4,13H,5-7H2,1H3. The second kappa shape index (κ2) is 4.84. The highest BCUT2D eigenvalue weighted by atomic mass is 35.5. The zero-order valence-electron chi connectivity index (χ0n) is 8.90. The molecule has 1 fully saturated rings. The summed E-state index contributed by atoms with van der Waals surface area (Å²) in [5.41, 5.74) is 0. The summed E-state index contributed by atoms with van der Waals surface area (Å²) in [4.78, 5) is 0.937. The molecule has 1 aromatic carbocycles. The molecule has 1 saturated heterocycles. The monoisotopic (exact) mass is 260 g/mol. The first-order valence-electron chi connectivity index (χ1n) is 4.90. The van der Waals surface area contributed by atoms with Crippen LogP contribution in [0.15, 0.2) is 23.1 Å². The Hall–Kier alpha value is -0.420. The highest BCUT2D eigenvalue weighted by Gasteiger charge is 2.39. The maximum Gasteiger partial charge on any atom is 0.132 e. The quantitative estimate of drug-likeness (QED) is 0.901. The highest BCUT2D eigenvalue weighted by molar-refractivity contribution is 8.01. The van der Waals surface area contributed by atoms with Crippen molar-refractivity contribution in [3.05, 3.63) is 23.2 Å². The number of hydrogen-bond acceptors (Lipinski definition) is 4. The third-order valence-corrected chi connectivity index (χ3v) is 4.04. The fourth-order valence-corrected chi connectivity index (χ4v) is 2.97. The van der Waals surface area contributed by atoms with Crippen molar-refractivity contribution in [3.63, 3.8) is 0 Å². The molecule has 0 unspecified atom stereocenters. The number of rotatable bonds is 4. The molecule has 0 spiro atoms. The minimum absolute atomic E-state index is 0.0906. The highest BCUT2D eigenvalue weighted by Crippen LogP contribution is 2.43. The Morgan fingerprint density at radius 1 is 1.56 bits per heavy atom. The van der Waals surface area contributed by atoms with Crippen LogP contribution < -0.4 is 4.74 Å². The van der Waals surface area contributed by atoms with E-state index in [0.29, 0.717) is 18.2 Å². The third kappa shape index (κ3) is 2.30. The molecule has 16 heavy (non-hydrogen) atoms. The lowest BCUT2D eigenvalue weighted by Gasteiger charge is -2.39. The fourth-order valence-electron chi connectivity index (χ4n) is 1.48. The van der Waals surface area contributed by atoms with E-state index in [0.717, 1.165) is 10.6 Å². The Morgan fingerprint density at radius 3 is 2.81 bits per heavy atom. The summed E-state index contributed by atoms with van der Waals surface area (Å²) in [5, 5.41) is 10.0. The lowest BCUT2D eigenvalue weighted by molar-refractivity contribution is -0.0319. The van der Waals surface area contributed by atoms with Crippen molar-refractivity contribution in [1.29, 1.82) is 0 Å². The van der Waals surface area contributed by atoms with Gasteiger partial charge in [0.05, 0.1) is 36.6 Å². The molecule has 0 aromatic heterocycles. The van der Waals surface area contributed by atoms with Crippen LogP contribution in [-0.4, -0.2) is 36.8 Å². The summed E-state index contributed by atoms with van der Waals surface area (Å²) in [6.45, 7) is 1.21. The number of methoxy groups -OCH3 is 1. The molecule has 88 valence electrons. The van der Waals surface area contributed by atoms with Crippen LogP contribution in [0.3, 0.4) is 0 Å². The van der Waals surface area contributed by atoms with E-state index in [4.69, 9.17) is 21.1 Å². The van der Waals surface area contributed by atoms with Crippen molar-refractivity contribution in [3.8, 4) is 5.75 Å². The summed E-state index contributed by atoms with van der Waals surface area (Å²) in [6, 6.07) is 5.46. The average Bonchev–Trinajstić information content (AvgIpc) is 2.24. The number of hydrogen-bond donors (Lipinski definition) is 1. The Labute approximate surface area is 104 Å². The van der Waals surface area contributed by atoms with Gasteiger partial charge in [0.25, 0.3) is 0 Å². The van der Waals surface area contributed by atoms with Gasteiger partial charge in [-0.1, -0.05) is 11.6 Å². The maximum absolute atomic E-state index is 9.36. The number of ether oxygens (including phenoxy) is 2. The molecule has 1 N–H and O–H groups in total. The van der Waals surface area contributed by atoms with Crippen LogP contribution in [-0.2, 0) is 4.74 Å². The van der Waals surface area contributed by atoms with Gasteiger partial charge in [0.2, 0.25) is 0 Å². The van der Waals surface area contributed by atoms with Gasteiger partial charge in [0.1, 0.15) is 5.75 Å². The second-order valence-electron chi connectivity index (χ2n) is 3.73. The first kappa shape index (κ1) is 12.0. The molecule has 0 atom stereocenters. The van der Waals surface area contributed by atoms with E-state index >= 15 is 0 Å². The summed E-state index contributed by atoms with van der Waals surface area (Å²) >= 11 is 7.50. The van der Waals surface area contributed by atoms with Crippen LogP contribution in [0.25, 0.3) is 0 Å². The predicted octanol–water partition coefficient (Wildman–Crippen LogP) is 2.20. The van der Waals surface area contributed by atoms with E-state index in [-0.39, 0.29) is 11.4 Å². The van der Waals surface area contributed by atoms with Crippen molar-refractivity contribution < 1.29 is 14.6 Å². The van der Waals surface area contributed by atoms with E-state index < -0.39 is 0 Å². The molecule has 5 heteroatoms. The van der Waals surface area contributed by atoms with Crippen molar-refractivity contribution in [2.75, 3.05) is 26.9 Å². The Balaban J connectivity index is 2.22. The van der Waals surface area contributed by atoms with E-state index in [1.54, 1.807) is 24.9 Å². The molecule has 1 aromatic rings. The van der Waals surface area contributed by atoms with Gasteiger partial charge in [0, 0.05) is 5.02 Å². The fraction of sp³-hybridized carbons (Fsp3) is 0.455. The van der Waals surface area contributed by atoms with Gasteiger partial charge < -0.3 is 14.6 Å². The van der Waals surface area contributed by atoms with Crippen molar-refractivity contribution >= 4 is 23.4 Å². The van der Waals surface area contributed by atoms with Crippen LogP contribution in [0.5, 0.6) is 5.75 Å². The van der Waals surface area contributed by atoms with Crippen LogP contribution in [0.2, 0.25) is 5.02 Å². The van der Waals surface area contributed by atoms with Crippen molar-refractivity contribution in [2.24, 2.45) is 0 Å². The molecule has 2 rings (SSSR count). The number of benzene rings is 1. The number of thioether (sulfide) groups is 1. The predicted molar refractivity (Wildman–Crippen MR) is 64.5 cm³/mol. The summed E-state index contributed by atoms with van der Waals surface area (Å²) in [6.07, 6.45) is 0. The number of aliphatic hydroxyl groups is 1. The summed E-state index contributed by atoms with van der Waals surface area (Å²) < 4.78 is 10.2. The molecule has 0 bridgehead atoms. The molecule has 1 aliphatic rings. The van der Waals surface area contributed by atoms with Crippen LogP contribution in [0, 0.1) is 0 Å². The van der Waals surface area contributed by atoms with E-state index in [1.165, 1.54) is 0 Å². The molecule has 0 saturated carbocycles. The minimum Gasteiger partial charge on any atom is -0.496 e. The molecular formula is C11H13ClO3S. The second-order valence-corrected chi connectivity index (χ2v) is 5.68. The minimum atomic E-state index is -0.238. The lowest BCUT2D eigenvalue weighted by Crippen LogP contribution is -2.49. The lowest BCUT2D eigenvalue weighted by atomic mass is 10.1. The largest absolute Gasteiger partial charge is 0.496 e. The smallest absolute Gasteiger partial charge is 0.132 e. The Bertz CT molecular complexity index is 374. The van der Waals surface area contributed by atoms with Crippen LogP contribution in [0.4, 0.5) is 0 Å². The van der Waals surface area contributed by atoms with Gasteiger partial charge in [-0.3, -0.25) is 0 Å². The van der Waals surface area contributed by atoms with Gasteiger partial charge in [-0.05, 0) is 18.2 Å². The summed E-state index contributed by atoms with van der Waals surface area (Å²) in [7, 11) is 1.62. The van der Waals surface area contributed by atoms with Crippen LogP contribution in [0.1, 0.15) is 0 Å². The zero-order valence-corrected chi connectivity index (χ0v) is 10.5. The molecule has 0 aliphatic carbocycles. The van der Waals surface area contributed by atoms with E-state index in [2.05, 4.69) is 0 Å². The molecule has 1 aliphatic heterocycles. The average molecular weight is 261 g/mol. The molecule has 3 nitrogen and oxygen atoms in total. The first-order valence-corrected chi connectivity index (χ1v) is 6.10. The zero-order chi connectivity index (χ0) is 11.6. The first-order chi connectivity index (χ1) is 7.69. The maximum atomic E-state index is 9.36. The number of halogens is 1. The van der Waals surface area contributed by atoms with E-state index in [1.807, 2.05) is 12.1 Å². The van der Waals surface area contributed by atoms with Crippen LogP contribution >= 0.6 is 23.4 Å². The van der Waals surface area contributed by atoms with Crippen molar-refractivity contribution in [2.45, 2.75) is 9.64 Å². The molecule has 1 heterocycles. The molecule has 0 radical (unpaired) electrons. The summed E-state index contributed by atoms with van der Waals surface area (Å²) in [5.74, 6) is 0.772. The Morgan fingerprint density at radius 2 is 2.31 bits per heavy atom. The SMILES string of the molecule is COc1ccc(Cl)cc1SC1(CO)COC1. The molecular weight excluding hydrogens is 248 g/mol. The normalized spacial score (nSPS) is 17.9. The van der Waals surface area contributed by atoms with Gasteiger partial charge in [-0.2, -0.15) is 0 Å². The van der Waals surface area contributed by atoms with Gasteiger partial charge >= 0.3 is 0 Å².